The molecule has 0 aliphatic heterocycles. The predicted octanol–water partition coefficient (Wildman–Crippen LogP) is 3.14. The molecule has 0 radical (unpaired) electrons. The van der Waals surface area contributed by atoms with Gasteiger partial charge in [0.1, 0.15) is 0 Å². The van der Waals surface area contributed by atoms with Crippen LogP contribution in [0.3, 0.4) is 0 Å². The quantitative estimate of drug-likeness (QED) is 0.786. The molecule has 0 fully saturated rings. The molecule has 1 rings (SSSR count). The fourth-order valence-electron chi connectivity index (χ4n) is 2.50. The SMILES string of the molecule is CCN(CCC(O)c1cccc(Br)c1)C(C)CN(C)C. The average molecular weight is 343 g/mol. The van der Waals surface area contributed by atoms with Crippen LogP contribution < -0.4 is 0 Å². The van der Waals surface area contributed by atoms with Gasteiger partial charge >= 0.3 is 0 Å². The van der Waals surface area contributed by atoms with Gasteiger partial charge in [0, 0.05) is 23.6 Å². The molecule has 0 aliphatic rings. The van der Waals surface area contributed by atoms with Crippen molar-refractivity contribution in [1.82, 2.24) is 9.80 Å². The monoisotopic (exact) mass is 342 g/mol. The lowest BCUT2D eigenvalue weighted by atomic mass is 10.1. The largest absolute Gasteiger partial charge is 0.388 e. The van der Waals surface area contributed by atoms with Crippen LogP contribution >= 0.6 is 15.9 Å². The number of nitrogens with zero attached hydrogens (tertiary/aromatic N) is 2. The molecule has 0 saturated heterocycles. The van der Waals surface area contributed by atoms with Crippen LogP contribution in [0.25, 0.3) is 0 Å². The summed E-state index contributed by atoms with van der Waals surface area (Å²) in [6, 6.07) is 8.42. The Bertz CT molecular complexity index is 398. The maximum atomic E-state index is 10.3. The molecule has 1 aromatic rings. The number of hydrogen-bond acceptors (Lipinski definition) is 3. The first-order valence-electron chi connectivity index (χ1n) is 7.26. The summed E-state index contributed by atoms with van der Waals surface area (Å²) in [7, 11) is 4.20. The Kier molecular flexibility index (Phi) is 7.74. The smallest absolute Gasteiger partial charge is 0.0802 e. The highest BCUT2D eigenvalue weighted by molar-refractivity contribution is 9.10. The number of aliphatic hydroxyl groups is 1. The van der Waals surface area contributed by atoms with E-state index in [1.54, 1.807) is 0 Å². The van der Waals surface area contributed by atoms with Gasteiger partial charge in [0.05, 0.1) is 6.10 Å². The summed E-state index contributed by atoms with van der Waals surface area (Å²) in [5, 5.41) is 10.3. The summed E-state index contributed by atoms with van der Waals surface area (Å²) < 4.78 is 1.02. The van der Waals surface area contributed by atoms with Crippen molar-refractivity contribution in [2.24, 2.45) is 0 Å². The van der Waals surface area contributed by atoms with E-state index in [-0.39, 0.29) is 0 Å². The van der Waals surface area contributed by atoms with Crippen LogP contribution in [0.15, 0.2) is 28.7 Å². The zero-order chi connectivity index (χ0) is 15.1. The first-order valence-corrected chi connectivity index (χ1v) is 8.05. The van der Waals surface area contributed by atoms with Crippen molar-refractivity contribution in [3.63, 3.8) is 0 Å². The van der Waals surface area contributed by atoms with E-state index >= 15 is 0 Å². The van der Waals surface area contributed by atoms with Gasteiger partial charge in [-0.15, -0.1) is 0 Å². The minimum atomic E-state index is -0.395. The van der Waals surface area contributed by atoms with Gasteiger partial charge in [0.2, 0.25) is 0 Å². The molecule has 2 unspecified atom stereocenters. The molecule has 114 valence electrons. The highest BCUT2D eigenvalue weighted by atomic mass is 79.9. The molecular weight excluding hydrogens is 316 g/mol. The molecule has 4 heteroatoms. The molecule has 0 spiro atoms. The minimum absolute atomic E-state index is 0.395. The van der Waals surface area contributed by atoms with Gasteiger partial charge in [-0.05, 0) is 51.7 Å². The molecular formula is C16H27BrN2O. The van der Waals surface area contributed by atoms with Crippen molar-refractivity contribution >= 4 is 15.9 Å². The highest BCUT2D eigenvalue weighted by Crippen LogP contribution is 2.21. The molecule has 0 bridgehead atoms. The zero-order valence-corrected chi connectivity index (χ0v) is 14.6. The fraction of sp³-hybridized carbons (Fsp3) is 0.625. The second kappa shape index (κ2) is 8.78. The molecule has 2 atom stereocenters. The topological polar surface area (TPSA) is 26.7 Å². The normalized spacial score (nSPS) is 14.8. The van der Waals surface area contributed by atoms with Gasteiger partial charge < -0.3 is 10.0 Å². The summed E-state index contributed by atoms with van der Waals surface area (Å²) in [5.41, 5.74) is 0.982. The van der Waals surface area contributed by atoms with Crippen LogP contribution in [-0.2, 0) is 0 Å². The molecule has 1 N–H and O–H groups in total. The van der Waals surface area contributed by atoms with E-state index in [1.165, 1.54) is 0 Å². The zero-order valence-electron chi connectivity index (χ0n) is 13.0. The van der Waals surface area contributed by atoms with Gasteiger partial charge in [-0.25, -0.2) is 0 Å². The van der Waals surface area contributed by atoms with Gasteiger partial charge in [0.15, 0.2) is 0 Å². The lowest BCUT2D eigenvalue weighted by molar-refractivity contribution is 0.121. The predicted molar refractivity (Wildman–Crippen MR) is 89.0 cm³/mol. The van der Waals surface area contributed by atoms with Crippen molar-refractivity contribution in [1.29, 1.82) is 0 Å². The van der Waals surface area contributed by atoms with Crippen LogP contribution in [0.4, 0.5) is 0 Å². The van der Waals surface area contributed by atoms with Crippen LogP contribution in [0, 0.1) is 0 Å². The first-order chi connectivity index (χ1) is 9.43. The molecule has 0 aromatic heterocycles. The average Bonchev–Trinajstić information content (AvgIpc) is 2.38. The summed E-state index contributed by atoms with van der Waals surface area (Å²) >= 11 is 3.45. The number of benzene rings is 1. The number of halogens is 1. The van der Waals surface area contributed by atoms with Crippen LogP contribution in [0.1, 0.15) is 31.9 Å². The summed E-state index contributed by atoms with van der Waals surface area (Å²) in [6.07, 6.45) is 0.371. The molecule has 0 amide bonds. The number of rotatable bonds is 8. The maximum Gasteiger partial charge on any atom is 0.0802 e. The Hall–Kier alpha value is -0.420. The summed E-state index contributed by atoms with van der Waals surface area (Å²) in [5.74, 6) is 0. The van der Waals surface area contributed by atoms with Gasteiger partial charge in [-0.2, -0.15) is 0 Å². The Labute approximate surface area is 131 Å². The Balaban J connectivity index is 2.51. The molecule has 0 saturated carbocycles. The Morgan fingerprint density at radius 2 is 2.00 bits per heavy atom. The van der Waals surface area contributed by atoms with Crippen molar-refractivity contribution in [2.45, 2.75) is 32.4 Å². The van der Waals surface area contributed by atoms with E-state index in [1.807, 2.05) is 24.3 Å². The number of aliphatic hydroxyl groups excluding tert-OH is 1. The van der Waals surface area contributed by atoms with E-state index in [2.05, 4.69) is 53.7 Å². The fourth-order valence-corrected chi connectivity index (χ4v) is 2.92. The molecule has 1 aromatic carbocycles. The standard InChI is InChI=1S/C16H27BrN2O/c1-5-19(13(2)12-18(3)4)10-9-16(20)14-7-6-8-15(17)11-14/h6-8,11,13,16,20H,5,9-10,12H2,1-4H3. The van der Waals surface area contributed by atoms with Crippen LogP contribution in [0.5, 0.6) is 0 Å². The van der Waals surface area contributed by atoms with Crippen molar-refractivity contribution in [3.8, 4) is 0 Å². The van der Waals surface area contributed by atoms with Crippen molar-refractivity contribution in [3.05, 3.63) is 34.3 Å². The highest BCUT2D eigenvalue weighted by Gasteiger charge is 2.15. The lowest BCUT2D eigenvalue weighted by Crippen LogP contribution is -2.40. The second-order valence-electron chi connectivity index (χ2n) is 5.60. The third kappa shape index (κ3) is 5.92. The molecule has 20 heavy (non-hydrogen) atoms. The van der Waals surface area contributed by atoms with Crippen molar-refractivity contribution < 1.29 is 5.11 Å². The van der Waals surface area contributed by atoms with Crippen LogP contribution in [-0.4, -0.2) is 54.7 Å². The number of hydrogen-bond donors (Lipinski definition) is 1. The number of likely N-dealkylation sites (N-methyl/N-ethyl adjacent to an activating group) is 2. The van der Waals surface area contributed by atoms with Gasteiger partial charge in [-0.1, -0.05) is 35.0 Å². The minimum Gasteiger partial charge on any atom is -0.388 e. The van der Waals surface area contributed by atoms with Crippen molar-refractivity contribution in [2.75, 3.05) is 33.7 Å². The van der Waals surface area contributed by atoms with E-state index in [4.69, 9.17) is 0 Å². The first kappa shape index (κ1) is 17.6. The maximum absolute atomic E-state index is 10.3. The second-order valence-corrected chi connectivity index (χ2v) is 6.52. The third-order valence-corrected chi connectivity index (χ3v) is 4.08. The third-order valence-electron chi connectivity index (χ3n) is 3.58. The van der Waals surface area contributed by atoms with Gasteiger partial charge in [0.25, 0.3) is 0 Å². The Morgan fingerprint density at radius 3 is 2.55 bits per heavy atom. The molecule has 0 aliphatic carbocycles. The van der Waals surface area contributed by atoms with Crippen LogP contribution in [0.2, 0.25) is 0 Å². The molecule has 0 heterocycles. The van der Waals surface area contributed by atoms with E-state index in [0.29, 0.717) is 6.04 Å². The van der Waals surface area contributed by atoms with E-state index < -0.39 is 6.10 Å². The molecule has 3 nitrogen and oxygen atoms in total. The Morgan fingerprint density at radius 1 is 1.30 bits per heavy atom. The van der Waals surface area contributed by atoms with E-state index in [0.717, 1.165) is 36.1 Å². The summed E-state index contributed by atoms with van der Waals surface area (Å²) in [4.78, 5) is 4.62. The summed E-state index contributed by atoms with van der Waals surface area (Å²) in [6.45, 7) is 7.40. The van der Waals surface area contributed by atoms with E-state index in [9.17, 15) is 5.11 Å². The van der Waals surface area contributed by atoms with Gasteiger partial charge in [-0.3, -0.25) is 4.90 Å². The lowest BCUT2D eigenvalue weighted by Gasteiger charge is -2.30.